The molecule has 2 atom stereocenters. The van der Waals surface area contributed by atoms with Gasteiger partial charge in [0.15, 0.2) is 0 Å². The zero-order valence-corrected chi connectivity index (χ0v) is 16.8. The maximum Gasteiger partial charge on any atom is 0.237 e. The minimum absolute atomic E-state index is 0. The van der Waals surface area contributed by atoms with Gasteiger partial charge in [0.2, 0.25) is 5.91 Å². The Morgan fingerprint density at radius 3 is 2.50 bits per heavy atom. The predicted octanol–water partition coefficient (Wildman–Crippen LogP) is 2.25. The number of hydrogen-bond donors (Lipinski definition) is 3. The highest BCUT2D eigenvalue weighted by Crippen LogP contribution is 2.14. The summed E-state index contributed by atoms with van der Waals surface area (Å²) in [7, 11) is 0. The molecule has 2 fully saturated rings. The molecule has 5 nitrogen and oxygen atoms in total. The number of carbonyl (C=O) groups is 1. The van der Waals surface area contributed by atoms with E-state index < -0.39 is 6.10 Å². The summed E-state index contributed by atoms with van der Waals surface area (Å²) in [4.78, 5) is 14.6. The molecule has 148 valence electrons. The van der Waals surface area contributed by atoms with Gasteiger partial charge in [-0.2, -0.15) is 0 Å². The zero-order chi connectivity index (χ0) is 16.8. The fourth-order valence-corrected chi connectivity index (χ4v) is 3.62. The molecule has 3 N–H and O–H groups in total. The van der Waals surface area contributed by atoms with Crippen LogP contribution in [0.3, 0.4) is 0 Å². The molecule has 2 heterocycles. The van der Waals surface area contributed by atoms with E-state index in [9.17, 15) is 9.90 Å². The number of aliphatic hydroxyl groups excluding tert-OH is 1. The van der Waals surface area contributed by atoms with Crippen LogP contribution in [0.2, 0.25) is 0 Å². The highest BCUT2D eigenvalue weighted by atomic mass is 35.5. The maximum atomic E-state index is 12.1. The summed E-state index contributed by atoms with van der Waals surface area (Å²) in [6, 6.07) is 8.24. The van der Waals surface area contributed by atoms with Crippen LogP contribution in [0.1, 0.15) is 43.2 Å². The number of likely N-dealkylation sites (tertiary alicyclic amines) is 1. The molecule has 0 radical (unpaired) electrons. The summed E-state index contributed by atoms with van der Waals surface area (Å²) < 4.78 is 0. The zero-order valence-electron chi connectivity index (χ0n) is 15.2. The Morgan fingerprint density at radius 1 is 1.15 bits per heavy atom. The summed E-state index contributed by atoms with van der Waals surface area (Å²) in [5.74, 6) is -0.0236. The van der Waals surface area contributed by atoms with E-state index in [-0.39, 0.29) is 36.8 Å². The van der Waals surface area contributed by atoms with Gasteiger partial charge in [-0.15, -0.1) is 24.8 Å². The van der Waals surface area contributed by atoms with Gasteiger partial charge in [-0.25, -0.2) is 0 Å². The standard InChI is InChI=1S/C19H29N3O2.2ClH/c23-17-11-18(20-13-17)19(24)21-12-15-6-5-7-16(10-15)14-22-8-3-1-2-4-9-22;;/h5-7,10,17-18,20,23H,1-4,8-9,11-14H2,(H,21,24);2*1H. The van der Waals surface area contributed by atoms with Gasteiger partial charge in [0.1, 0.15) is 0 Å². The summed E-state index contributed by atoms with van der Waals surface area (Å²) in [5.41, 5.74) is 2.45. The molecule has 1 aromatic carbocycles. The SMILES string of the molecule is Cl.Cl.O=C(NCc1cccc(CN2CCCCCC2)c1)C1CC(O)CN1. The smallest absolute Gasteiger partial charge is 0.237 e. The molecule has 0 saturated carbocycles. The number of nitrogens with zero attached hydrogens (tertiary/aromatic N) is 1. The van der Waals surface area contributed by atoms with Crippen molar-refractivity contribution < 1.29 is 9.90 Å². The third-order valence-corrected chi connectivity index (χ3v) is 4.99. The van der Waals surface area contributed by atoms with Crippen molar-refractivity contribution in [3.05, 3.63) is 35.4 Å². The molecule has 3 rings (SSSR count). The topological polar surface area (TPSA) is 64.6 Å². The normalized spacial score (nSPS) is 23.4. The lowest BCUT2D eigenvalue weighted by atomic mass is 10.1. The Balaban J connectivity index is 0.00000169. The van der Waals surface area contributed by atoms with Crippen molar-refractivity contribution in [2.75, 3.05) is 19.6 Å². The van der Waals surface area contributed by atoms with E-state index >= 15 is 0 Å². The van der Waals surface area contributed by atoms with Gasteiger partial charge in [-0.05, 0) is 43.5 Å². The van der Waals surface area contributed by atoms with Crippen LogP contribution in [0, 0.1) is 0 Å². The van der Waals surface area contributed by atoms with Crippen molar-refractivity contribution in [3.8, 4) is 0 Å². The fourth-order valence-electron chi connectivity index (χ4n) is 3.62. The average Bonchev–Trinajstić information content (AvgIpc) is 2.86. The van der Waals surface area contributed by atoms with Gasteiger partial charge in [0.05, 0.1) is 12.1 Å². The highest BCUT2D eigenvalue weighted by molar-refractivity contribution is 5.85. The molecule has 0 spiro atoms. The van der Waals surface area contributed by atoms with Crippen LogP contribution in [0.5, 0.6) is 0 Å². The quantitative estimate of drug-likeness (QED) is 0.705. The van der Waals surface area contributed by atoms with Gasteiger partial charge in [-0.1, -0.05) is 37.1 Å². The second-order valence-corrected chi connectivity index (χ2v) is 7.08. The first-order valence-corrected chi connectivity index (χ1v) is 9.20. The number of benzene rings is 1. The van der Waals surface area contributed by atoms with Gasteiger partial charge >= 0.3 is 0 Å². The number of carbonyl (C=O) groups excluding carboxylic acids is 1. The third-order valence-electron chi connectivity index (χ3n) is 4.99. The molecule has 0 aromatic heterocycles. The van der Waals surface area contributed by atoms with Gasteiger partial charge in [0, 0.05) is 19.6 Å². The Labute approximate surface area is 168 Å². The van der Waals surface area contributed by atoms with E-state index in [2.05, 4.69) is 39.8 Å². The minimum Gasteiger partial charge on any atom is -0.392 e. The monoisotopic (exact) mass is 403 g/mol. The molecular weight excluding hydrogens is 373 g/mol. The van der Waals surface area contributed by atoms with E-state index in [1.165, 1.54) is 44.3 Å². The molecule has 2 unspecified atom stereocenters. The maximum absolute atomic E-state index is 12.1. The lowest BCUT2D eigenvalue weighted by molar-refractivity contribution is -0.123. The van der Waals surface area contributed by atoms with Crippen molar-refractivity contribution in [1.82, 2.24) is 15.5 Å². The third kappa shape index (κ3) is 7.05. The van der Waals surface area contributed by atoms with Crippen molar-refractivity contribution >= 4 is 30.7 Å². The van der Waals surface area contributed by atoms with Crippen LogP contribution >= 0.6 is 24.8 Å². The number of halogens is 2. The minimum atomic E-state index is -0.405. The molecule has 2 saturated heterocycles. The molecule has 2 aliphatic rings. The summed E-state index contributed by atoms with van der Waals surface area (Å²) in [5, 5.41) is 15.5. The van der Waals surface area contributed by atoms with Gasteiger partial charge < -0.3 is 15.7 Å². The molecular formula is C19H31Cl2N3O2. The first kappa shape index (κ1) is 23.2. The predicted molar refractivity (Wildman–Crippen MR) is 109 cm³/mol. The highest BCUT2D eigenvalue weighted by Gasteiger charge is 2.27. The van der Waals surface area contributed by atoms with E-state index in [4.69, 9.17) is 0 Å². The van der Waals surface area contributed by atoms with Crippen LogP contribution in [-0.4, -0.2) is 47.7 Å². The fraction of sp³-hybridized carbons (Fsp3) is 0.632. The second kappa shape index (κ2) is 11.8. The molecule has 0 aliphatic carbocycles. The Morgan fingerprint density at radius 2 is 1.85 bits per heavy atom. The lowest BCUT2D eigenvalue weighted by Crippen LogP contribution is -2.40. The molecule has 2 aliphatic heterocycles. The Bertz CT molecular complexity index is 551. The first-order chi connectivity index (χ1) is 11.7. The van der Waals surface area contributed by atoms with Crippen molar-refractivity contribution in [1.29, 1.82) is 0 Å². The van der Waals surface area contributed by atoms with E-state index in [1.54, 1.807) is 0 Å². The number of amides is 1. The van der Waals surface area contributed by atoms with Gasteiger partial charge in [0.25, 0.3) is 0 Å². The number of rotatable bonds is 5. The van der Waals surface area contributed by atoms with E-state index in [1.807, 2.05) is 0 Å². The van der Waals surface area contributed by atoms with Crippen LogP contribution in [-0.2, 0) is 17.9 Å². The molecule has 7 heteroatoms. The average molecular weight is 404 g/mol. The number of nitrogens with one attached hydrogen (secondary N) is 2. The van der Waals surface area contributed by atoms with Crippen molar-refractivity contribution in [2.45, 2.75) is 57.3 Å². The van der Waals surface area contributed by atoms with Gasteiger partial charge in [-0.3, -0.25) is 9.69 Å². The Kier molecular flexibility index (Phi) is 10.5. The van der Waals surface area contributed by atoms with E-state index in [0.29, 0.717) is 19.5 Å². The summed E-state index contributed by atoms with van der Waals surface area (Å²) >= 11 is 0. The number of β-amino-alcohol motifs (C(OH)–C–C–N with tert-alkyl or cyclic N) is 1. The Hall–Kier alpha value is -0.850. The summed E-state index contributed by atoms with van der Waals surface area (Å²) in [6.07, 6.45) is 5.41. The molecule has 0 bridgehead atoms. The van der Waals surface area contributed by atoms with E-state index in [0.717, 1.165) is 12.1 Å². The van der Waals surface area contributed by atoms with Crippen molar-refractivity contribution in [3.63, 3.8) is 0 Å². The van der Waals surface area contributed by atoms with Crippen LogP contribution < -0.4 is 10.6 Å². The van der Waals surface area contributed by atoms with Crippen molar-refractivity contribution in [2.24, 2.45) is 0 Å². The van der Waals surface area contributed by atoms with Crippen LogP contribution in [0.15, 0.2) is 24.3 Å². The molecule has 26 heavy (non-hydrogen) atoms. The summed E-state index contributed by atoms with van der Waals surface area (Å²) in [6.45, 7) is 4.43. The van der Waals surface area contributed by atoms with Crippen LogP contribution in [0.25, 0.3) is 0 Å². The largest absolute Gasteiger partial charge is 0.392 e. The molecule has 1 aromatic rings. The molecule has 1 amide bonds. The lowest BCUT2D eigenvalue weighted by Gasteiger charge is -2.20. The number of aliphatic hydroxyl groups is 1. The van der Waals surface area contributed by atoms with Crippen LogP contribution in [0.4, 0.5) is 0 Å². The first-order valence-electron chi connectivity index (χ1n) is 9.20. The number of hydrogen-bond acceptors (Lipinski definition) is 4. The second-order valence-electron chi connectivity index (χ2n) is 7.08.